The molecule has 1 aromatic carbocycles. The van der Waals surface area contributed by atoms with Crippen molar-refractivity contribution in [3.63, 3.8) is 0 Å². The van der Waals surface area contributed by atoms with Crippen molar-refractivity contribution in [3.8, 4) is 0 Å². The Morgan fingerprint density at radius 2 is 1.89 bits per heavy atom. The summed E-state index contributed by atoms with van der Waals surface area (Å²) in [5, 5.41) is 2.58. The number of ether oxygens (including phenoxy) is 1. The van der Waals surface area contributed by atoms with Gasteiger partial charge in [0.15, 0.2) is 0 Å². The number of carbonyl (C=O) groups excluding carboxylic acids is 2. The maximum atomic E-state index is 12.0. The Balaban J connectivity index is 2.60. The monoisotopic (exact) mass is 281 g/mol. The minimum Gasteiger partial charge on any atom is -0.448 e. The summed E-state index contributed by atoms with van der Waals surface area (Å²) in [7, 11) is 0. The molecule has 102 valence electrons. The lowest BCUT2D eigenvalue weighted by Gasteiger charge is -2.15. The first-order valence-corrected chi connectivity index (χ1v) is 5.97. The number of nitrogens with two attached hydrogens (primary N) is 2. The molecule has 0 aromatic heterocycles. The van der Waals surface area contributed by atoms with Gasteiger partial charge in [0.05, 0.1) is 11.5 Å². The third kappa shape index (κ3) is 4.92. The van der Waals surface area contributed by atoms with Gasteiger partial charge in [-0.3, -0.25) is 4.79 Å². The van der Waals surface area contributed by atoms with Crippen LogP contribution in [0.1, 0.15) is 11.5 Å². The average molecular weight is 281 g/mol. The number of rotatable bonds is 6. The van der Waals surface area contributed by atoms with Crippen molar-refractivity contribution >= 4 is 29.2 Å². The van der Waals surface area contributed by atoms with Gasteiger partial charge in [-0.2, -0.15) is 0 Å². The molecule has 0 saturated carbocycles. The van der Waals surface area contributed by atoms with Gasteiger partial charge in [0.1, 0.15) is 12.5 Å². The van der Waals surface area contributed by atoms with Gasteiger partial charge in [-0.25, -0.2) is 4.79 Å². The lowest BCUT2D eigenvalue weighted by molar-refractivity contribution is -0.121. The minimum atomic E-state index is -0.886. The topological polar surface area (TPSA) is 107 Å². The van der Waals surface area contributed by atoms with E-state index < -0.39 is 12.0 Å². The first kappa shape index (κ1) is 14.9. The lowest BCUT2D eigenvalue weighted by Crippen LogP contribution is -2.38. The maximum Gasteiger partial charge on any atom is 0.404 e. The third-order valence-electron chi connectivity index (χ3n) is 2.33. The van der Waals surface area contributed by atoms with E-state index in [2.05, 4.69) is 10.1 Å². The fourth-order valence-electron chi connectivity index (χ4n) is 1.52. The molecule has 1 unspecified atom stereocenters. The summed E-state index contributed by atoms with van der Waals surface area (Å²) >= 11 is 4.91. The Hall–Kier alpha value is -2.15. The van der Waals surface area contributed by atoms with Gasteiger partial charge in [-0.1, -0.05) is 42.5 Å². The van der Waals surface area contributed by atoms with Crippen LogP contribution in [0.15, 0.2) is 30.3 Å². The second-order valence-corrected chi connectivity index (χ2v) is 4.18. The lowest BCUT2D eigenvalue weighted by atomic mass is 9.98. The zero-order chi connectivity index (χ0) is 14.3. The summed E-state index contributed by atoms with van der Waals surface area (Å²) in [6, 6.07) is 8.96. The van der Waals surface area contributed by atoms with Crippen LogP contribution in [-0.2, 0) is 9.53 Å². The molecule has 1 aromatic rings. The number of hydrogen-bond donors (Lipinski definition) is 3. The largest absolute Gasteiger partial charge is 0.448 e. The van der Waals surface area contributed by atoms with Crippen LogP contribution in [0.2, 0.25) is 0 Å². The number of benzene rings is 1. The Labute approximate surface area is 116 Å². The molecular weight excluding hydrogens is 266 g/mol. The number of nitrogens with one attached hydrogen (secondary N) is 1. The van der Waals surface area contributed by atoms with E-state index in [1.54, 1.807) is 24.3 Å². The number of amides is 2. The maximum absolute atomic E-state index is 12.0. The molecule has 0 fully saturated rings. The Bertz CT molecular complexity index is 465. The Kier molecular flexibility index (Phi) is 5.74. The van der Waals surface area contributed by atoms with Crippen LogP contribution >= 0.6 is 12.2 Å². The van der Waals surface area contributed by atoms with E-state index in [0.29, 0.717) is 5.56 Å². The number of primary amides is 1. The summed E-state index contributed by atoms with van der Waals surface area (Å²) in [5.41, 5.74) is 11.1. The molecule has 0 radical (unpaired) electrons. The van der Waals surface area contributed by atoms with Gasteiger partial charge in [0, 0.05) is 0 Å². The second kappa shape index (κ2) is 7.32. The van der Waals surface area contributed by atoms with Gasteiger partial charge in [0.2, 0.25) is 5.91 Å². The quantitative estimate of drug-likeness (QED) is 0.512. The summed E-state index contributed by atoms with van der Waals surface area (Å²) in [6.07, 6.45) is -0.886. The molecule has 1 rings (SSSR count). The highest BCUT2D eigenvalue weighted by Gasteiger charge is 2.22. The Morgan fingerprint density at radius 3 is 2.42 bits per heavy atom. The average Bonchev–Trinajstić information content (AvgIpc) is 2.35. The zero-order valence-corrected chi connectivity index (χ0v) is 11.0. The van der Waals surface area contributed by atoms with Crippen molar-refractivity contribution in [2.24, 2.45) is 11.5 Å². The van der Waals surface area contributed by atoms with Crippen LogP contribution in [0.3, 0.4) is 0 Å². The normalized spacial score (nSPS) is 11.4. The van der Waals surface area contributed by atoms with Crippen LogP contribution < -0.4 is 16.8 Å². The summed E-state index contributed by atoms with van der Waals surface area (Å²) in [4.78, 5) is 22.4. The molecule has 0 aliphatic heterocycles. The second-order valence-electron chi connectivity index (χ2n) is 3.70. The Morgan fingerprint density at radius 1 is 1.26 bits per heavy atom. The molecule has 6 nitrogen and oxygen atoms in total. The van der Waals surface area contributed by atoms with Gasteiger partial charge in [0.25, 0.3) is 0 Å². The highest BCUT2D eigenvalue weighted by molar-refractivity contribution is 7.80. The molecule has 0 saturated heterocycles. The van der Waals surface area contributed by atoms with Gasteiger partial charge in [-0.15, -0.1) is 0 Å². The number of carbonyl (C=O) groups is 2. The fourth-order valence-corrected chi connectivity index (χ4v) is 1.76. The van der Waals surface area contributed by atoms with Crippen LogP contribution in [0.5, 0.6) is 0 Å². The van der Waals surface area contributed by atoms with E-state index >= 15 is 0 Å². The standard InChI is InChI=1S/C12H15N3O3S/c13-10(19)9(8-4-2-1-3-5-8)11(16)15-6-7-18-12(14)17/h1-5,9H,6-7H2,(H2,13,19)(H2,14,17)(H,15,16). The molecule has 2 amide bonds. The molecule has 1 atom stereocenters. The van der Waals surface area contributed by atoms with E-state index in [4.69, 9.17) is 23.7 Å². The molecule has 0 aliphatic rings. The first-order valence-electron chi connectivity index (χ1n) is 5.56. The third-order valence-corrected chi connectivity index (χ3v) is 2.56. The highest BCUT2D eigenvalue weighted by Crippen LogP contribution is 2.15. The molecule has 5 N–H and O–H groups in total. The molecule has 19 heavy (non-hydrogen) atoms. The summed E-state index contributed by atoms with van der Waals surface area (Å²) in [6.45, 7) is 0.146. The van der Waals surface area contributed by atoms with Crippen molar-refractivity contribution in [3.05, 3.63) is 35.9 Å². The molecule has 7 heteroatoms. The van der Waals surface area contributed by atoms with Crippen molar-refractivity contribution in [2.45, 2.75) is 5.92 Å². The van der Waals surface area contributed by atoms with Gasteiger partial charge in [-0.05, 0) is 5.56 Å². The van der Waals surface area contributed by atoms with E-state index in [9.17, 15) is 9.59 Å². The van der Waals surface area contributed by atoms with Crippen molar-refractivity contribution in [2.75, 3.05) is 13.2 Å². The first-order chi connectivity index (χ1) is 9.02. The van der Waals surface area contributed by atoms with Crippen molar-refractivity contribution in [1.29, 1.82) is 0 Å². The van der Waals surface area contributed by atoms with E-state index in [0.717, 1.165) is 0 Å². The van der Waals surface area contributed by atoms with Crippen LogP contribution in [0.4, 0.5) is 4.79 Å². The van der Waals surface area contributed by atoms with E-state index in [1.807, 2.05) is 6.07 Å². The molecule has 0 spiro atoms. The van der Waals surface area contributed by atoms with E-state index in [-0.39, 0.29) is 24.0 Å². The number of hydrogen-bond acceptors (Lipinski definition) is 4. The molecule has 0 heterocycles. The van der Waals surface area contributed by atoms with Crippen LogP contribution in [0, 0.1) is 0 Å². The molecule has 0 bridgehead atoms. The predicted octanol–water partition coefficient (Wildman–Crippen LogP) is 0.268. The number of thiocarbonyl (C=S) groups is 1. The summed E-state index contributed by atoms with van der Waals surface area (Å²) < 4.78 is 4.50. The predicted molar refractivity (Wildman–Crippen MR) is 74.5 cm³/mol. The molecule has 0 aliphatic carbocycles. The van der Waals surface area contributed by atoms with Crippen LogP contribution in [0.25, 0.3) is 0 Å². The van der Waals surface area contributed by atoms with E-state index in [1.165, 1.54) is 0 Å². The molecular formula is C12H15N3O3S. The summed E-state index contributed by atoms with van der Waals surface area (Å²) in [5.74, 6) is -1.04. The SMILES string of the molecule is NC(=O)OCCNC(=O)C(C(N)=S)c1ccccc1. The van der Waals surface area contributed by atoms with Gasteiger partial charge < -0.3 is 21.5 Å². The zero-order valence-electron chi connectivity index (χ0n) is 10.2. The van der Waals surface area contributed by atoms with Crippen LogP contribution in [-0.4, -0.2) is 30.1 Å². The minimum absolute atomic E-state index is 0.0000830. The highest BCUT2D eigenvalue weighted by atomic mass is 32.1. The van der Waals surface area contributed by atoms with Crippen molar-refractivity contribution < 1.29 is 14.3 Å². The smallest absolute Gasteiger partial charge is 0.404 e. The van der Waals surface area contributed by atoms with Crippen molar-refractivity contribution in [1.82, 2.24) is 5.32 Å². The fraction of sp³-hybridized carbons (Fsp3) is 0.250. The van der Waals surface area contributed by atoms with Gasteiger partial charge >= 0.3 is 6.09 Å².